The van der Waals surface area contributed by atoms with E-state index in [1.807, 2.05) is 55.5 Å². The zero-order valence-corrected chi connectivity index (χ0v) is 15.6. The topological polar surface area (TPSA) is 60.9 Å². The lowest BCUT2D eigenvalue weighted by Gasteiger charge is -2.12. The third-order valence-electron chi connectivity index (χ3n) is 4.64. The van der Waals surface area contributed by atoms with Gasteiger partial charge in [0, 0.05) is 10.7 Å². The Morgan fingerprint density at radius 1 is 0.963 bits per heavy atom. The number of nitrogens with two attached hydrogens (primary N) is 1. The van der Waals surface area contributed by atoms with Crippen LogP contribution in [-0.2, 0) is 6.54 Å². The number of halogens is 1. The van der Waals surface area contributed by atoms with E-state index in [1.165, 1.54) is 0 Å². The molecule has 4 rings (SSSR count). The molecule has 1 aromatic heterocycles. The molecule has 134 valence electrons. The van der Waals surface area contributed by atoms with Crippen LogP contribution in [0.5, 0.6) is 0 Å². The van der Waals surface area contributed by atoms with Crippen LogP contribution in [0.15, 0.2) is 71.5 Å². The molecule has 0 aliphatic carbocycles. The number of rotatable bonds is 3. The molecule has 0 saturated heterocycles. The molecular weight excluding hydrogens is 358 g/mol. The predicted octanol–water partition coefficient (Wildman–Crippen LogP) is 4.66. The van der Waals surface area contributed by atoms with Crippen LogP contribution in [0.3, 0.4) is 0 Å². The summed E-state index contributed by atoms with van der Waals surface area (Å²) in [5.74, 6) is 0.680. The number of anilines is 1. The number of benzene rings is 3. The fraction of sp³-hybridized carbons (Fsp3) is 0.0909. The van der Waals surface area contributed by atoms with Crippen molar-refractivity contribution in [2.45, 2.75) is 13.5 Å². The Bertz CT molecular complexity index is 1180. The van der Waals surface area contributed by atoms with Gasteiger partial charge in [0.05, 0.1) is 17.4 Å². The first-order valence-electron chi connectivity index (χ1n) is 8.63. The molecule has 0 atom stereocenters. The minimum atomic E-state index is -0.0772. The lowest BCUT2D eigenvalue weighted by molar-refractivity contribution is 0.713. The molecule has 0 fully saturated rings. The van der Waals surface area contributed by atoms with Crippen LogP contribution < -0.4 is 11.3 Å². The summed E-state index contributed by atoms with van der Waals surface area (Å²) in [6.45, 7) is 2.31. The monoisotopic (exact) mass is 375 g/mol. The number of aryl methyl sites for hydroxylation is 1. The van der Waals surface area contributed by atoms with Gasteiger partial charge in [-0.25, -0.2) is 4.98 Å². The molecule has 0 amide bonds. The van der Waals surface area contributed by atoms with Crippen LogP contribution in [0.4, 0.5) is 5.69 Å². The smallest absolute Gasteiger partial charge is 0.261 e. The fourth-order valence-electron chi connectivity index (χ4n) is 3.16. The highest BCUT2D eigenvalue weighted by Crippen LogP contribution is 2.22. The van der Waals surface area contributed by atoms with Gasteiger partial charge in [-0.15, -0.1) is 0 Å². The summed E-state index contributed by atoms with van der Waals surface area (Å²) >= 11 is 5.95. The first kappa shape index (κ1) is 17.3. The van der Waals surface area contributed by atoms with Gasteiger partial charge in [0.15, 0.2) is 0 Å². The maximum Gasteiger partial charge on any atom is 0.261 e. The van der Waals surface area contributed by atoms with Gasteiger partial charge in [0.2, 0.25) is 0 Å². The van der Waals surface area contributed by atoms with Crippen molar-refractivity contribution in [1.29, 1.82) is 0 Å². The quantitative estimate of drug-likeness (QED) is 0.530. The first-order chi connectivity index (χ1) is 13.0. The number of hydrogen-bond donors (Lipinski definition) is 1. The van der Waals surface area contributed by atoms with E-state index in [0.29, 0.717) is 29.0 Å². The van der Waals surface area contributed by atoms with Gasteiger partial charge in [-0.3, -0.25) is 9.36 Å². The molecule has 0 spiro atoms. The van der Waals surface area contributed by atoms with Gasteiger partial charge in [0.1, 0.15) is 5.82 Å². The number of aromatic nitrogens is 2. The summed E-state index contributed by atoms with van der Waals surface area (Å²) < 4.78 is 1.68. The molecule has 1 heterocycles. The minimum absolute atomic E-state index is 0.0772. The van der Waals surface area contributed by atoms with Crippen molar-refractivity contribution in [2.24, 2.45) is 0 Å². The van der Waals surface area contributed by atoms with Crippen LogP contribution in [0, 0.1) is 6.92 Å². The van der Waals surface area contributed by atoms with Crippen molar-refractivity contribution in [3.05, 3.63) is 93.5 Å². The average molecular weight is 376 g/mol. The molecule has 0 saturated carbocycles. The fourth-order valence-corrected chi connectivity index (χ4v) is 3.29. The Labute approximate surface area is 161 Å². The summed E-state index contributed by atoms with van der Waals surface area (Å²) in [7, 11) is 0. The van der Waals surface area contributed by atoms with E-state index in [1.54, 1.807) is 22.8 Å². The van der Waals surface area contributed by atoms with E-state index in [-0.39, 0.29) is 5.56 Å². The SMILES string of the molecule is Cc1nc2ccc(N)cc2c(=O)n1Cc1ccc(-c2ccc(Cl)cc2)cc1. The standard InChI is InChI=1S/C22H18ClN3O/c1-14-25-21-11-10-19(24)12-20(21)22(27)26(14)13-15-2-4-16(5-3-15)17-6-8-18(23)9-7-17/h2-12H,13,24H2,1H3. The van der Waals surface area contributed by atoms with Gasteiger partial charge >= 0.3 is 0 Å². The van der Waals surface area contributed by atoms with E-state index in [2.05, 4.69) is 4.98 Å². The molecular formula is C22H18ClN3O. The van der Waals surface area contributed by atoms with Crippen molar-refractivity contribution >= 4 is 28.2 Å². The van der Waals surface area contributed by atoms with Crippen LogP contribution in [0.1, 0.15) is 11.4 Å². The maximum atomic E-state index is 12.9. The molecule has 27 heavy (non-hydrogen) atoms. The highest BCUT2D eigenvalue weighted by Gasteiger charge is 2.09. The lowest BCUT2D eigenvalue weighted by Crippen LogP contribution is -2.24. The molecule has 0 unspecified atom stereocenters. The third-order valence-corrected chi connectivity index (χ3v) is 4.89. The molecule has 0 radical (unpaired) electrons. The highest BCUT2D eigenvalue weighted by atomic mass is 35.5. The molecule has 3 aromatic carbocycles. The summed E-state index contributed by atoms with van der Waals surface area (Å²) in [4.78, 5) is 17.4. The zero-order chi connectivity index (χ0) is 19.0. The second-order valence-electron chi connectivity index (χ2n) is 6.53. The van der Waals surface area contributed by atoms with Gasteiger partial charge < -0.3 is 5.73 Å². The first-order valence-corrected chi connectivity index (χ1v) is 9.00. The van der Waals surface area contributed by atoms with E-state index in [0.717, 1.165) is 21.7 Å². The van der Waals surface area contributed by atoms with Crippen molar-refractivity contribution in [3.63, 3.8) is 0 Å². The van der Waals surface area contributed by atoms with E-state index < -0.39 is 0 Å². The van der Waals surface area contributed by atoms with Crippen molar-refractivity contribution < 1.29 is 0 Å². The molecule has 4 nitrogen and oxygen atoms in total. The highest BCUT2D eigenvalue weighted by molar-refractivity contribution is 6.30. The normalized spacial score (nSPS) is 11.0. The summed E-state index contributed by atoms with van der Waals surface area (Å²) in [6.07, 6.45) is 0. The summed E-state index contributed by atoms with van der Waals surface area (Å²) in [5, 5.41) is 1.26. The van der Waals surface area contributed by atoms with Gasteiger partial charge in [-0.2, -0.15) is 0 Å². The number of nitrogens with zero attached hydrogens (tertiary/aromatic N) is 2. The average Bonchev–Trinajstić information content (AvgIpc) is 2.67. The predicted molar refractivity (Wildman–Crippen MR) is 111 cm³/mol. The molecule has 4 aromatic rings. The molecule has 0 aliphatic heterocycles. The third kappa shape index (κ3) is 3.44. The molecule has 5 heteroatoms. The van der Waals surface area contributed by atoms with E-state index in [9.17, 15) is 4.79 Å². The summed E-state index contributed by atoms with van der Waals surface area (Å²) in [5.41, 5.74) is 10.2. The van der Waals surface area contributed by atoms with Crippen LogP contribution >= 0.6 is 11.6 Å². The van der Waals surface area contributed by atoms with E-state index >= 15 is 0 Å². The Morgan fingerprint density at radius 3 is 2.26 bits per heavy atom. The maximum absolute atomic E-state index is 12.9. The summed E-state index contributed by atoms with van der Waals surface area (Å²) in [6, 6.07) is 21.1. The number of hydrogen-bond acceptors (Lipinski definition) is 3. The van der Waals surface area contributed by atoms with Crippen molar-refractivity contribution in [1.82, 2.24) is 9.55 Å². The van der Waals surface area contributed by atoms with Gasteiger partial charge in [-0.1, -0.05) is 48.0 Å². The second kappa shape index (κ2) is 6.89. The Balaban J connectivity index is 1.68. The molecule has 0 aliphatic rings. The second-order valence-corrected chi connectivity index (χ2v) is 6.97. The van der Waals surface area contributed by atoms with E-state index in [4.69, 9.17) is 17.3 Å². The zero-order valence-electron chi connectivity index (χ0n) is 14.8. The Kier molecular flexibility index (Phi) is 4.42. The molecule has 2 N–H and O–H groups in total. The van der Waals surface area contributed by atoms with Crippen LogP contribution in [0.2, 0.25) is 5.02 Å². The Morgan fingerprint density at radius 2 is 1.59 bits per heavy atom. The number of nitrogen functional groups attached to an aromatic ring is 1. The number of fused-ring (bicyclic) bond motifs is 1. The van der Waals surface area contributed by atoms with Crippen molar-refractivity contribution in [3.8, 4) is 11.1 Å². The van der Waals surface area contributed by atoms with Gasteiger partial charge in [0.25, 0.3) is 5.56 Å². The van der Waals surface area contributed by atoms with Crippen molar-refractivity contribution in [2.75, 3.05) is 5.73 Å². The minimum Gasteiger partial charge on any atom is -0.399 e. The Hall–Kier alpha value is -3.11. The lowest BCUT2D eigenvalue weighted by atomic mass is 10.0. The largest absolute Gasteiger partial charge is 0.399 e. The van der Waals surface area contributed by atoms with Crippen LogP contribution in [0.25, 0.3) is 22.0 Å². The molecule has 0 bridgehead atoms. The van der Waals surface area contributed by atoms with Gasteiger partial charge in [-0.05, 0) is 53.9 Å². The van der Waals surface area contributed by atoms with Crippen LogP contribution in [-0.4, -0.2) is 9.55 Å².